The predicted octanol–water partition coefficient (Wildman–Crippen LogP) is 3.58. The third-order valence-corrected chi connectivity index (χ3v) is 6.11. The third kappa shape index (κ3) is 4.31. The lowest BCUT2D eigenvalue weighted by atomic mass is 10.0. The van der Waals surface area contributed by atoms with E-state index in [1.165, 1.54) is 35.7 Å². The third-order valence-electron chi connectivity index (χ3n) is 6.11. The van der Waals surface area contributed by atoms with Crippen LogP contribution in [0.25, 0.3) is 10.8 Å². The lowest BCUT2D eigenvalue weighted by Crippen LogP contribution is -2.55. The minimum Gasteiger partial charge on any atom is -0.450 e. The highest BCUT2D eigenvalue weighted by Gasteiger charge is 2.29. The number of amides is 1. The first-order chi connectivity index (χ1) is 13.7. The fraction of sp³-hybridized carbons (Fsp3) is 0.522. The summed E-state index contributed by atoms with van der Waals surface area (Å²) in [4.78, 5) is 18.9. The van der Waals surface area contributed by atoms with Gasteiger partial charge in [0.15, 0.2) is 0 Å². The normalized spacial score (nSPS) is 21.8. The van der Waals surface area contributed by atoms with Gasteiger partial charge in [0.2, 0.25) is 0 Å². The molecule has 2 aliphatic rings. The molecule has 0 aromatic heterocycles. The fourth-order valence-corrected chi connectivity index (χ4v) is 4.63. The van der Waals surface area contributed by atoms with E-state index in [-0.39, 0.29) is 6.09 Å². The summed E-state index contributed by atoms with van der Waals surface area (Å²) >= 11 is 0. The standard InChI is InChI=1S/C23H31N3O2/c1-2-28-23(27)26-15-13-25(14-16-26)21-10-6-12-24(18-21)17-20-9-5-8-19-7-3-4-11-22(19)20/h3-5,7-9,11,21H,2,6,10,12-18H2,1H3. The number of rotatable bonds is 4. The highest BCUT2D eigenvalue weighted by Crippen LogP contribution is 2.23. The van der Waals surface area contributed by atoms with E-state index in [0.29, 0.717) is 12.6 Å². The van der Waals surface area contributed by atoms with Crippen molar-refractivity contribution in [3.63, 3.8) is 0 Å². The van der Waals surface area contributed by atoms with E-state index in [1.807, 2.05) is 11.8 Å². The van der Waals surface area contributed by atoms with E-state index in [0.717, 1.165) is 39.3 Å². The first-order valence-corrected chi connectivity index (χ1v) is 10.6. The molecule has 2 aromatic carbocycles. The largest absolute Gasteiger partial charge is 0.450 e. The Bertz CT molecular complexity index is 796. The van der Waals surface area contributed by atoms with Gasteiger partial charge in [0.25, 0.3) is 0 Å². The first kappa shape index (κ1) is 19.2. The predicted molar refractivity (Wildman–Crippen MR) is 112 cm³/mol. The molecule has 0 spiro atoms. The number of ether oxygens (including phenoxy) is 1. The van der Waals surface area contributed by atoms with Crippen LogP contribution in [-0.4, -0.2) is 72.7 Å². The van der Waals surface area contributed by atoms with Gasteiger partial charge in [-0.1, -0.05) is 42.5 Å². The highest BCUT2D eigenvalue weighted by atomic mass is 16.6. The Labute approximate surface area is 167 Å². The Morgan fingerprint density at radius 2 is 1.82 bits per heavy atom. The molecule has 5 heteroatoms. The van der Waals surface area contributed by atoms with Crippen LogP contribution in [-0.2, 0) is 11.3 Å². The number of hydrogen-bond donors (Lipinski definition) is 0. The maximum atomic E-state index is 11.9. The van der Waals surface area contributed by atoms with E-state index < -0.39 is 0 Å². The average Bonchev–Trinajstić information content (AvgIpc) is 2.75. The van der Waals surface area contributed by atoms with Crippen LogP contribution >= 0.6 is 0 Å². The van der Waals surface area contributed by atoms with Crippen LogP contribution in [0.2, 0.25) is 0 Å². The summed E-state index contributed by atoms with van der Waals surface area (Å²) in [7, 11) is 0. The van der Waals surface area contributed by atoms with Crippen LogP contribution in [0.1, 0.15) is 25.3 Å². The van der Waals surface area contributed by atoms with Gasteiger partial charge in [0.1, 0.15) is 0 Å². The molecule has 0 saturated carbocycles. The second-order valence-electron chi connectivity index (χ2n) is 7.89. The molecular weight excluding hydrogens is 350 g/mol. The van der Waals surface area contributed by atoms with Gasteiger partial charge < -0.3 is 9.64 Å². The minimum absolute atomic E-state index is 0.164. The molecule has 1 atom stereocenters. The molecule has 2 fully saturated rings. The Hall–Kier alpha value is -2.11. The van der Waals surface area contributed by atoms with Crippen molar-refractivity contribution in [3.05, 3.63) is 48.0 Å². The number of carbonyl (C=O) groups is 1. The van der Waals surface area contributed by atoms with E-state index in [1.54, 1.807) is 0 Å². The smallest absolute Gasteiger partial charge is 0.409 e. The monoisotopic (exact) mass is 381 g/mol. The van der Waals surface area contributed by atoms with Crippen molar-refractivity contribution in [2.75, 3.05) is 45.9 Å². The van der Waals surface area contributed by atoms with E-state index in [2.05, 4.69) is 52.3 Å². The minimum atomic E-state index is -0.164. The zero-order valence-electron chi connectivity index (χ0n) is 16.8. The summed E-state index contributed by atoms with van der Waals surface area (Å²) in [5.74, 6) is 0. The lowest BCUT2D eigenvalue weighted by molar-refractivity contribution is 0.0413. The molecule has 0 N–H and O–H groups in total. The van der Waals surface area contributed by atoms with Crippen molar-refractivity contribution in [2.45, 2.75) is 32.4 Å². The van der Waals surface area contributed by atoms with Crippen molar-refractivity contribution >= 4 is 16.9 Å². The van der Waals surface area contributed by atoms with Crippen molar-refractivity contribution in [1.82, 2.24) is 14.7 Å². The summed E-state index contributed by atoms with van der Waals surface area (Å²) in [6.07, 6.45) is 2.34. The molecule has 1 amide bonds. The maximum Gasteiger partial charge on any atom is 0.409 e. The van der Waals surface area contributed by atoms with Crippen molar-refractivity contribution < 1.29 is 9.53 Å². The molecule has 2 heterocycles. The van der Waals surface area contributed by atoms with Crippen molar-refractivity contribution in [1.29, 1.82) is 0 Å². The van der Waals surface area contributed by atoms with Crippen molar-refractivity contribution in [2.24, 2.45) is 0 Å². The van der Waals surface area contributed by atoms with Crippen LogP contribution in [0.5, 0.6) is 0 Å². The number of piperidine rings is 1. The molecule has 5 nitrogen and oxygen atoms in total. The summed E-state index contributed by atoms with van der Waals surface area (Å²) in [5.41, 5.74) is 1.42. The van der Waals surface area contributed by atoms with E-state index >= 15 is 0 Å². The summed E-state index contributed by atoms with van der Waals surface area (Å²) in [5, 5.41) is 2.69. The van der Waals surface area contributed by atoms with Gasteiger partial charge in [-0.05, 0) is 42.6 Å². The molecule has 2 aliphatic heterocycles. The maximum absolute atomic E-state index is 11.9. The van der Waals surface area contributed by atoms with Crippen LogP contribution < -0.4 is 0 Å². The quantitative estimate of drug-likeness (QED) is 0.811. The number of nitrogens with zero attached hydrogens (tertiary/aromatic N) is 3. The van der Waals surface area contributed by atoms with Gasteiger partial charge in [-0.25, -0.2) is 4.79 Å². The Morgan fingerprint density at radius 1 is 1.04 bits per heavy atom. The van der Waals surface area contributed by atoms with Crippen LogP contribution in [0.3, 0.4) is 0 Å². The number of carbonyl (C=O) groups excluding carboxylic acids is 1. The number of likely N-dealkylation sites (tertiary alicyclic amines) is 1. The molecular formula is C23H31N3O2. The van der Waals surface area contributed by atoms with Gasteiger partial charge in [0, 0.05) is 45.3 Å². The van der Waals surface area contributed by atoms with E-state index in [9.17, 15) is 4.79 Å². The zero-order valence-corrected chi connectivity index (χ0v) is 16.8. The zero-order chi connectivity index (χ0) is 19.3. The van der Waals surface area contributed by atoms with Gasteiger partial charge in [-0.15, -0.1) is 0 Å². The molecule has 150 valence electrons. The molecule has 4 rings (SSSR count). The Morgan fingerprint density at radius 3 is 2.64 bits per heavy atom. The number of fused-ring (bicyclic) bond motifs is 1. The molecule has 2 saturated heterocycles. The van der Waals surface area contributed by atoms with Crippen LogP contribution in [0.4, 0.5) is 4.79 Å². The number of piperazine rings is 1. The Balaban J connectivity index is 1.35. The molecule has 28 heavy (non-hydrogen) atoms. The van der Waals surface area contributed by atoms with Crippen LogP contribution in [0.15, 0.2) is 42.5 Å². The SMILES string of the molecule is CCOC(=O)N1CCN(C2CCCN(Cc3cccc4ccccc34)C2)CC1. The first-order valence-electron chi connectivity index (χ1n) is 10.6. The molecule has 0 radical (unpaired) electrons. The second-order valence-corrected chi connectivity index (χ2v) is 7.89. The van der Waals surface area contributed by atoms with E-state index in [4.69, 9.17) is 4.74 Å². The molecule has 2 aromatic rings. The van der Waals surface area contributed by atoms with Gasteiger partial charge in [0.05, 0.1) is 6.61 Å². The van der Waals surface area contributed by atoms with Gasteiger partial charge in [-0.2, -0.15) is 0 Å². The van der Waals surface area contributed by atoms with Gasteiger partial charge >= 0.3 is 6.09 Å². The highest BCUT2D eigenvalue weighted by molar-refractivity contribution is 5.85. The van der Waals surface area contributed by atoms with Gasteiger partial charge in [-0.3, -0.25) is 9.80 Å². The Kier molecular flexibility index (Phi) is 6.13. The van der Waals surface area contributed by atoms with Crippen LogP contribution in [0, 0.1) is 0 Å². The molecule has 0 bridgehead atoms. The molecule has 1 unspecified atom stereocenters. The topological polar surface area (TPSA) is 36.0 Å². The lowest BCUT2D eigenvalue weighted by Gasteiger charge is -2.43. The second kappa shape index (κ2) is 8.93. The molecule has 0 aliphatic carbocycles. The fourth-order valence-electron chi connectivity index (χ4n) is 4.63. The van der Waals surface area contributed by atoms with Crippen molar-refractivity contribution in [3.8, 4) is 0 Å². The summed E-state index contributed by atoms with van der Waals surface area (Å²) in [6.45, 7) is 9.06. The summed E-state index contributed by atoms with van der Waals surface area (Å²) < 4.78 is 5.14. The summed E-state index contributed by atoms with van der Waals surface area (Å²) in [6, 6.07) is 15.9. The average molecular weight is 382 g/mol. The number of hydrogen-bond acceptors (Lipinski definition) is 4. The number of benzene rings is 2.